The zero-order chi connectivity index (χ0) is 14.5. The summed E-state index contributed by atoms with van der Waals surface area (Å²) >= 11 is 0. The predicted octanol–water partition coefficient (Wildman–Crippen LogP) is 1.58. The zero-order valence-electron chi connectivity index (χ0n) is 12.0. The summed E-state index contributed by atoms with van der Waals surface area (Å²) < 4.78 is 10.6. The predicted molar refractivity (Wildman–Crippen MR) is 74.8 cm³/mol. The smallest absolute Gasteiger partial charge is 0.260 e. The van der Waals surface area contributed by atoms with Gasteiger partial charge in [-0.05, 0) is 38.0 Å². The van der Waals surface area contributed by atoms with Gasteiger partial charge in [-0.2, -0.15) is 0 Å². The number of aliphatic hydroxyl groups is 1. The van der Waals surface area contributed by atoms with Gasteiger partial charge >= 0.3 is 0 Å². The molecule has 0 bridgehead atoms. The second-order valence-corrected chi connectivity index (χ2v) is 4.83. The summed E-state index contributed by atoms with van der Waals surface area (Å²) in [6.07, 6.45) is 2.17. The van der Waals surface area contributed by atoms with Gasteiger partial charge in [0.05, 0.1) is 13.7 Å². The zero-order valence-corrected chi connectivity index (χ0v) is 12.0. The molecule has 1 N–H and O–H groups in total. The average Bonchev–Trinajstić information content (AvgIpc) is 3.30. The molecule has 1 aromatic carbocycles. The van der Waals surface area contributed by atoms with Crippen LogP contribution in [0.1, 0.15) is 25.3 Å². The van der Waals surface area contributed by atoms with Crippen molar-refractivity contribution in [2.24, 2.45) is 0 Å². The molecular formula is C15H21NO4. The Morgan fingerprint density at radius 3 is 2.75 bits per heavy atom. The second-order valence-electron chi connectivity index (χ2n) is 4.83. The number of methoxy groups -OCH3 is 1. The van der Waals surface area contributed by atoms with E-state index in [9.17, 15) is 9.90 Å². The monoisotopic (exact) mass is 279 g/mol. The highest BCUT2D eigenvalue weighted by Gasteiger charge is 2.31. The van der Waals surface area contributed by atoms with Crippen LogP contribution in [0.3, 0.4) is 0 Å². The Morgan fingerprint density at radius 2 is 2.20 bits per heavy atom. The lowest BCUT2D eigenvalue weighted by molar-refractivity contribution is -0.133. The number of nitrogens with zero attached hydrogens (tertiary/aromatic N) is 1. The standard InChI is InChI=1S/C15H21NO4/c1-3-16(12-4-5-12)15(18)10-20-14-7-6-13(19-2)8-11(14)9-17/h6-8,12,17H,3-5,9-10H2,1-2H3. The Kier molecular flexibility index (Phi) is 4.84. The van der Waals surface area contributed by atoms with Crippen molar-refractivity contribution in [2.45, 2.75) is 32.4 Å². The van der Waals surface area contributed by atoms with Crippen LogP contribution in [-0.4, -0.2) is 42.2 Å². The molecule has 1 fully saturated rings. The van der Waals surface area contributed by atoms with Crippen molar-refractivity contribution in [1.29, 1.82) is 0 Å². The molecule has 110 valence electrons. The third-order valence-corrected chi connectivity index (χ3v) is 3.44. The fraction of sp³-hybridized carbons (Fsp3) is 0.533. The Morgan fingerprint density at radius 1 is 1.45 bits per heavy atom. The van der Waals surface area contributed by atoms with Crippen LogP contribution in [0.15, 0.2) is 18.2 Å². The Bertz CT molecular complexity index is 471. The van der Waals surface area contributed by atoms with Gasteiger partial charge in [-0.3, -0.25) is 4.79 Å². The van der Waals surface area contributed by atoms with Crippen molar-refractivity contribution >= 4 is 5.91 Å². The van der Waals surface area contributed by atoms with E-state index >= 15 is 0 Å². The van der Waals surface area contributed by atoms with E-state index in [0.717, 1.165) is 12.8 Å². The van der Waals surface area contributed by atoms with Crippen LogP contribution in [0.4, 0.5) is 0 Å². The summed E-state index contributed by atoms with van der Waals surface area (Å²) in [5.74, 6) is 1.17. The topological polar surface area (TPSA) is 59.0 Å². The van der Waals surface area contributed by atoms with Gasteiger partial charge in [0.15, 0.2) is 6.61 Å². The van der Waals surface area contributed by atoms with Crippen LogP contribution < -0.4 is 9.47 Å². The summed E-state index contributed by atoms with van der Waals surface area (Å²) in [7, 11) is 1.56. The molecule has 20 heavy (non-hydrogen) atoms. The molecule has 1 aromatic rings. The van der Waals surface area contributed by atoms with Crippen molar-refractivity contribution in [3.05, 3.63) is 23.8 Å². The molecular weight excluding hydrogens is 258 g/mol. The van der Waals surface area contributed by atoms with Gasteiger partial charge in [-0.15, -0.1) is 0 Å². The van der Waals surface area contributed by atoms with Crippen LogP contribution >= 0.6 is 0 Å². The minimum Gasteiger partial charge on any atom is -0.497 e. The number of aliphatic hydroxyl groups excluding tert-OH is 1. The summed E-state index contributed by atoms with van der Waals surface area (Å²) in [6.45, 7) is 2.54. The van der Waals surface area contributed by atoms with Gasteiger partial charge in [0, 0.05) is 18.2 Å². The molecule has 0 spiro atoms. The highest BCUT2D eigenvalue weighted by Crippen LogP contribution is 2.27. The van der Waals surface area contributed by atoms with Crippen molar-refractivity contribution in [3.63, 3.8) is 0 Å². The summed E-state index contributed by atoms with van der Waals surface area (Å²) in [5, 5.41) is 9.33. The van der Waals surface area contributed by atoms with E-state index in [1.165, 1.54) is 0 Å². The molecule has 1 aliphatic carbocycles. The Balaban J connectivity index is 1.97. The fourth-order valence-corrected chi connectivity index (χ4v) is 2.19. The van der Waals surface area contributed by atoms with Gasteiger partial charge in [0.1, 0.15) is 11.5 Å². The first-order chi connectivity index (χ1) is 9.69. The number of carbonyl (C=O) groups excluding carboxylic acids is 1. The van der Waals surface area contributed by atoms with Gasteiger partial charge in [0.25, 0.3) is 5.91 Å². The maximum Gasteiger partial charge on any atom is 0.260 e. The van der Waals surface area contributed by atoms with E-state index in [1.54, 1.807) is 25.3 Å². The molecule has 0 aliphatic heterocycles. The van der Waals surface area contributed by atoms with Crippen LogP contribution in [0.2, 0.25) is 0 Å². The minimum atomic E-state index is -0.152. The number of likely N-dealkylation sites (N-methyl/N-ethyl adjacent to an activating group) is 1. The molecule has 0 heterocycles. The number of amides is 1. The van der Waals surface area contributed by atoms with E-state index in [0.29, 0.717) is 29.6 Å². The molecule has 1 aliphatic rings. The number of carbonyl (C=O) groups is 1. The summed E-state index contributed by atoms with van der Waals surface area (Å²) in [5.41, 5.74) is 0.617. The van der Waals surface area contributed by atoms with Gasteiger partial charge in [0.2, 0.25) is 0 Å². The fourth-order valence-electron chi connectivity index (χ4n) is 2.19. The lowest BCUT2D eigenvalue weighted by Crippen LogP contribution is -2.36. The van der Waals surface area contributed by atoms with E-state index in [2.05, 4.69) is 0 Å². The molecule has 2 rings (SSSR count). The van der Waals surface area contributed by atoms with E-state index < -0.39 is 0 Å². The van der Waals surface area contributed by atoms with Crippen molar-refractivity contribution in [2.75, 3.05) is 20.3 Å². The SMILES string of the molecule is CCN(C(=O)COc1ccc(OC)cc1CO)C1CC1. The lowest BCUT2D eigenvalue weighted by Gasteiger charge is -2.20. The summed E-state index contributed by atoms with van der Waals surface area (Å²) in [4.78, 5) is 13.9. The normalized spacial score (nSPS) is 13.9. The van der Waals surface area contributed by atoms with Crippen LogP contribution in [-0.2, 0) is 11.4 Å². The molecule has 5 nitrogen and oxygen atoms in total. The van der Waals surface area contributed by atoms with Crippen molar-refractivity contribution in [1.82, 2.24) is 4.90 Å². The molecule has 0 saturated heterocycles. The first-order valence-corrected chi connectivity index (χ1v) is 6.89. The number of benzene rings is 1. The van der Waals surface area contributed by atoms with E-state index in [4.69, 9.17) is 9.47 Å². The number of ether oxygens (including phenoxy) is 2. The average molecular weight is 279 g/mol. The van der Waals surface area contributed by atoms with Gasteiger partial charge in [-0.1, -0.05) is 0 Å². The highest BCUT2D eigenvalue weighted by atomic mass is 16.5. The highest BCUT2D eigenvalue weighted by molar-refractivity contribution is 5.78. The molecule has 5 heteroatoms. The molecule has 0 unspecified atom stereocenters. The minimum absolute atomic E-state index is 0.00364. The molecule has 1 amide bonds. The lowest BCUT2D eigenvalue weighted by atomic mass is 10.2. The molecule has 0 radical (unpaired) electrons. The maximum absolute atomic E-state index is 12.1. The van der Waals surface area contributed by atoms with E-state index in [1.807, 2.05) is 11.8 Å². The molecule has 0 aromatic heterocycles. The third-order valence-electron chi connectivity index (χ3n) is 3.44. The van der Waals surface area contributed by atoms with Gasteiger partial charge < -0.3 is 19.5 Å². The van der Waals surface area contributed by atoms with Crippen LogP contribution in [0.25, 0.3) is 0 Å². The van der Waals surface area contributed by atoms with Crippen LogP contribution in [0, 0.1) is 0 Å². The Hall–Kier alpha value is -1.75. The van der Waals surface area contributed by atoms with E-state index in [-0.39, 0.29) is 19.1 Å². The number of rotatable bonds is 7. The van der Waals surface area contributed by atoms with Crippen LogP contribution in [0.5, 0.6) is 11.5 Å². The Labute approximate surface area is 119 Å². The summed E-state index contributed by atoms with van der Waals surface area (Å²) in [6, 6.07) is 5.56. The first-order valence-electron chi connectivity index (χ1n) is 6.89. The quantitative estimate of drug-likeness (QED) is 0.823. The van der Waals surface area contributed by atoms with Crippen molar-refractivity contribution in [3.8, 4) is 11.5 Å². The van der Waals surface area contributed by atoms with Crippen molar-refractivity contribution < 1.29 is 19.4 Å². The largest absolute Gasteiger partial charge is 0.497 e. The first kappa shape index (κ1) is 14.7. The molecule has 0 atom stereocenters. The number of hydrogen-bond donors (Lipinski definition) is 1. The number of hydrogen-bond acceptors (Lipinski definition) is 4. The maximum atomic E-state index is 12.1. The molecule has 1 saturated carbocycles. The third kappa shape index (κ3) is 3.42. The second kappa shape index (κ2) is 6.61. The van der Waals surface area contributed by atoms with Gasteiger partial charge in [-0.25, -0.2) is 0 Å².